The fourth-order valence-corrected chi connectivity index (χ4v) is 3.38. The van der Waals surface area contributed by atoms with E-state index >= 15 is 0 Å². The number of hydrogen-bond acceptors (Lipinski definition) is 2. The summed E-state index contributed by atoms with van der Waals surface area (Å²) >= 11 is 0. The summed E-state index contributed by atoms with van der Waals surface area (Å²) in [6, 6.07) is 11.8. The Morgan fingerprint density at radius 1 is 1.21 bits per heavy atom. The Labute approximate surface area is 118 Å². The highest BCUT2D eigenvalue weighted by atomic mass is 15.2. The van der Waals surface area contributed by atoms with Gasteiger partial charge in [0.15, 0.2) is 0 Å². The Bertz CT molecular complexity index is 363. The first-order valence-electron chi connectivity index (χ1n) is 7.80. The van der Waals surface area contributed by atoms with Crippen LogP contribution in [0.15, 0.2) is 30.3 Å². The Morgan fingerprint density at radius 3 is 2.63 bits per heavy atom. The van der Waals surface area contributed by atoms with Gasteiger partial charge in [0.25, 0.3) is 0 Å². The highest BCUT2D eigenvalue weighted by molar-refractivity contribution is 5.20. The van der Waals surface area contributed by atoms with Crippen LogP contribution in [-0.4, -0.2) is 23.5 Å². The smallest absolute Gasteiger partial charge is 0.0453 e. The monoisotopic (exact) mass is 260 g/mol. The zero-order valence-corrected chi connectivity index (χ0v) is 12.4. The van der Waals surface area contributed by atoms with E-state index in [-0.39, 0.29) is 6.04 Å². The van der Waals surface area contributed by atoms with E-state index in [0.717, 1.165) is 6.42 Å². The van der Waals surface area contributed by atoms with Crippen molar-refractivity contribution in [2.24, 2.45) is 5.73 Å². The van der Waals surface area contributed by atoms with Gasteiger partial charge in [0.1, 0.15) is 0 Å². The maximum absolute atomic E-state index is 6.55. The van der Waals surface area contributed by atoms with E-state index in [1.54, 1.807) is 0 Å². The van der Waals surface area contributed by atoms with Crippen LogP contribution in [0.2, 0.25) is 0 Å². The molecule has 0 amide bonds. The van der Waals surface area contributed by atoms with E-state index in [1.807, 2.05) is 0 Å². The first kappa shape index (κ1) is 14.5. The summed E-state index contributed by atoms with van der Waals surface area (Å²) in [7, 11) is 0. The summed E-state index contributed by atoms with van der Waals surface area (Å²) in [5, 5.41) is 0. The van der Waals surface area contributed by atoms with E-state index < -0.39 is 0 Å². The van der Waals surface area contributed by atoms with Gasteiger partial charge in [0.05, 0.1) is 0 Å². The average Bonchev–Trinajstić information content (AvgIpc) is 2.66. The van der Waals surface area contributed by atoms with Gasteiger partial charge in [-0.05, 0) is 38.3 Å². The second-order valence-electron chi connectivity index (χ2n) is 5.85. The fraction of sp³-hybridized carbons (Fsp3) is 0.647. The Kier molecular flexibility index (Phi) is 5.41. The van der Waals surface area contributed by atoms with Gasteiger partial charge in [0, 0.05) is 18.1 Å². The van der Waals surface area contributed by atoms with E-state index in [2.05, 4.69) is 49.1 Å². The molecule has 1 aliphatic rings. The molecule has 1 aromatic rings. The van der Waals surface area contributed by atoms with Gasteiger partial charge < -0.3 is 5.73 Å². The normalized spacial score (nSPS) is 24.7. The standard InChI is InChI=1S/C17H28N2/c1-3-16(17(18)15-11-7-4-8-12-15)19-13-9-5-6-10-14(19)2/h4,7-8,11-12,14,16-17H,3,5-6,9-10,13,18H2,1-2H3. The van der Waals surface area contributed by atoms with Gasteiger partial charge >= 0.3 is 0 Å². The molecule has 0 aromatic heterocycles. The van der Waals surface area contributed by atoms with Gasteiger partial charge in [0.2, 0.25) is 0 Å². The van der Waals surface area contributed by atoms with E-state index in [1.165, 1.54) is 37.8 Å². The lowest BCUT2D eigenvalue weighted by molar-refractivity contribution is 0.122. The molecule has 0 spiro atoms. The van der Waals surface area contributed by atoms with Crippen LogP contribution in [0.4, 0.5) is 0 Å². The molecule has 2 N–H and O–H groups in total. The van der Waals surface area contributed by atoms with Crippen LogP contribution >= 0.6 is 0 Å². The number of hydrogen-bond donors (Lipinski definition) is 1. The van der Waals surface area contributed by atoms with Gasteiger partial charge in [-0.3, -0.25) is 4.90 Å². The van der Waals surface area contributed by atoms with Crippen molar-refractivity contribution >= 4 is 0 Å². The zero-order chi connectivity index (χ0) is 13.7. The SMILES string of the molecule is CCC(C(N)c1ccccc1)N1CCCCCC1C. The Balaban J connectivity index is 2.14. The van der Waals surface area contributed by atoms with Crippen LogP contribution in [0.1, 0.15) is 57.6 Å². The molecule has 2 heteroatoms. The zero-order valence-electron chi connectivity index (χ0n) is 12.4. The molecule has 1 aliphatic heterocycles. The van der Waals surface area contributed by atoms with Gasteiger partial charge in [-0.25, -0.2) is 0 Å². The highest BCUT2D eigenvalue weighted by Gasteiger charge is 2.28. The molecule has 2 nitrogen and oxygen atoms in total. The van der Waals surface area contributed by atoms with Crippen molar-refractivity contribution in [3.8, 4) is 0 Å². The van der Waals surface area contributed by atoms with Gasteiger partial charge in [-0.2, -0.15) is 0 Å². The van der Waals surface area contributed by atoms with Gasteiger partial charge in [-0.15, -0.1) is 0 Å². The summed E-state index contributed by atoms with van der Waals surface area (Å²) in [6.45, 7) is 5.84. The average molecular weight is 260 g/mol. The van der Waals surface area contributed by atoms with Crippen LogP contribution in [0.3, 0.4) is 0 Å². The minimum absolute atomic E-state index is 0.131. The third kappa shape index (κ3) is 3.58. The summed E-state index contributed by atoms with van der Waals surface area (Å²) < 4.78 is 0. The van der Waals surface area contributed by atoms with Crippen molar-refractivity contribution in [2.75, 3.05) is 6.54 Å². The lowest BCUT2D eigenvalue weighted by Gasteiger charge is -2.38. The summed E-state index contributed by atoms with van der Waals surface area (Å²) in [5.74, 6) is 0. The van der Waals surface area contributed by atoms with E-state index in [9.17, 15) is 0 Å². The molecule has 2 rings (SSSR count). The van der Waals surface area contributed by atoms with Crippen molar-refractivity contribution in [1.29, 1.82) is 0 Å². The quantitative estimate of drug-likeness (QED) is 0.894. The van der Waals surface area contributed by atoms with Crippen molar-refractivity contribution in [1.82, 2.24) is 4.90 Å². The van der Waals surface area contributed by atoms with Crippen molar-refractivity contribution < 1.29 is 0 Å². The molecule has 0 saturated carbocycles. The van der Waals surface area contributed by atoms with E-state index in [0.29, 0.717) is 12.1 Å². The summed E-state index contributed by atoms with van der Waals surface area (Å²) in [4.78, 5) is 2.66. The molecule has 0 bridgehead atoms. The largest absolute Gasteiger partial charge is 0.323 e. The van der Waals surface area contributed by atoms with Crippen LogP contribution in [0.25, 0.3) is 0 Å². The molecule has 1 aromatic carbocycles. The van der Waals surface area contributed by atoms with Gasteiger partial charge in [-0.1, -0.05) is 50.1 Å². The van der Waals surface area contributed by atoms with Crippen molar-refractivity contribution in [3.63, 3.8) is 0 Å². The minimum Gasteiger partial charge on any atom is -0.323 e. The number of likely N-dealkylation sites (tertiary alicyclic amines) is 1. The number of benzene rings is 1. The first-order chi connectivity index (χ1) is 9.24. The third-order valence-electron chi connectivity index (χ3n) is 4.55. The van der Waals surface area contributed by atoms with Crippen molar-refractivity contribution in [3.05, 3.63) is 35.9 Å². The second-order valence-corrected chi connectivity index (χ2v) is 5.85. The lowest BCUT2D eigenvalue weighted by atomic mass is 9.95. The molecule has 3 atom stereocenters. The van der Waals surface area contributed by atoms with Crippen LogP contribution in [-0.2, 0) is 0 Å². The molecule has 106 valence electrons. The van der Waals surface area contributed by atoms with Crippen LogP contribution in [0, 0.1) is 0 Å². The number of nitrogens with zero attached hydrogens (tertiary/aromatic N) is 1. The summed E-state index contributed by atoms with van der Waals surface area (Å²) in [6.07, 6.45) is 6.51. The van der Waals surface area contributed by atoms with Crippen molar-refractivity contribution in [2.45, 2.75) is 64.1 Å². The van der Waals surface area contributed by atoms with Crippen LogP contribution in [0.5, 0.6) is 0 Å². The predicted molar refractivity (Wildman–Crippen MR) is 82.1 cm³/mol. The Morgan fingerprint density at radius 2 is 1.95 bits per heavy atom. The lowest BCUT2D eigenvalue weighted by Crippen LogP contribution is -2.46. The maximum Gasteiger partial charge on any atom is 0.0453 e. The topological polar surface area (TPSA) is 29.3 Å². The number of rotatable bonds is 4. The molecule has 0 radical (unpaired) electrons. The molecule has 3 unspecified atom stereocenters. The molecule has 1 heterocycles. The Hall–Kier alpha value is -0.860. The predicted octanol–water partition coefficient (Wildman–Crippen LogP) is 3.73. The minimum atomic E-state index is 0.131. The third-order valence-corrected chi connectivity index (χ3v) is 4.55. The second kappa shape index (κ2) is 7.06. The maximum atomic E-state index is 6.55. The van der Waals surface area contributed by atoms with Crippen LogP contribution < -0.4 is 5.73 Å². The fourth-order valence-electron chi connectivity index (χ4n) is 3.38. The molecule has 1 fully saturated rings. The van der Waals surface area contributed by atoms with E-state index in [4.69, 9.17) is 5.73 Å². The molecule has 0 aliphatic carbocycles. The molecule has 1 saturated heterocycles. The number of nitrogens with two attached hydrogens (primary N) is 1. The first-order valence-corrected chi connectivity index (χ1v) is 7.80. The molecular weight excluding hydrogens is 232 g/mol. The summed E-state index contributed by atoms with van der Waals surface area (Å²) in [5.41, 5.74) is 7.82. The molecular formula is C17H28N2. The highest BCUT2D eigenvalue weighted by Crippen LogP contribution is 2.27. The molecule has 19 heavy (non-hydrogen) atoms.